The van der Waals surface area contributed by atoms with Crippen LogP contribution in [0.25, 0.3) is 0 Å². The van der Waals surface area contributed by atoms with Crippen molar-refractivity contribution in [3.05, 3.63) is 64.1 Å². The van der Waals surface area contributed by atoms with Crippen LogP contribution in [0.15, 0.2) is 41.5 Å². The highest BCUT2D eigenvalue weighted by molar-refractivity contribution is 5.94. The van der Waals surface area contributed by atoms with Gasteiger partial charge < -0.3 is 9.80 Å². The van der Waals surface area contributed by atoms with E-state index < -0.39 is 17.8 Å². The predicted octanol–water partition coefficient (Wildman–Crippen LogP) is 1.27. The fourth-order valence-corrected chi connectivity index (χ4v) is 4.40. The molecule has 2 bridgehead atoms. The number of carbonyl (C=O) groups excluding carboxylic acids is 2. The van der Waals surface area contributed by atoms with Crippen molar-refractivity contribution in [2.24, 2.45) is 5.92 Å². The molecule has 4 heterocycles. The summed E-state index contributed by atoms with van der Waals surface area (Å²) in [5, 5.41) is 0. The zero-order valence-electron chi connectivity index (χ0n) is 15.7. The van der Waals surface area contributed by atoms with E-state index in [1.165, 1.54) is 23.2 Å². The SMILES string of the molecule is CN(C)C(=O)[C@H]1[C@H]2C[C@H](CN(C(=O)c3ccncc3F)C2)c2cccc(=O)n21. The van der Waals surface area contributed by atoms with E-state index in [4.69, 9.17) is 0 Å². The molecule has 4 rings (SSSR count). The Morgan fingerprint density at radius 2 is 2.00 bits per heavy atom. The summed E-state index contributed by atoms with van der Waals surface area (Å²) in [5.41, 5.74) is 0.500. The van der Waals surface area contributed by atoms with Gasteiger partial charge in [0.05, 0.1) is 11.8 Å². The molecule has 2 amide bonds. The average molecular weight is 384 g/mol. The van der Waals surface area contributed by atoms with Crippen LogP contribution in [0.4, 0.5) is 4.39 Å². The van der Waals surface area contributed by atoms with Crippen LogP contribution in [0.2, 0.25) is 0 Å². The van der Waals surface area contributed by atoms with E-state index in [9.17, 15) is 18.8 Å². The van der Waals surface area contributed by atoms with Gasteiger partial charge in [-0.3, -0.25) is 23.9 Å². The molecule has 0 aromatic carbocycles. The quantitative estimate of drug-likeness (QED) is 0.782. The number of rotatable bonds is 2. The van der Waals surface area contributed by atoms with Crippen LogP contribution in [0.3, 0.4) is 0 Å². The summed E-state index contributed by atoms with van der Waals surface area (Å²) in [6.07, 6.45) is 3.11. The van der Waals surface area contributed by atoms with E-state index >= 15 is 0 Å². The van der Waals surface area contributed by atoms with Crippen molar-refractivity contribution in [3.63, 3.8) is 0 Å². The standard InChI is InChI=1S/C20H21FN4O3/c1-23(2)20(28)18-13-8-12(16-4-3-5-17(26)25(16)18)10-24(11-13)19(27)14-6-7-22-9-15(14)21/h3-7,9,12-13,18H,8,10-11H2,1-2H3/t12-,13+,18-/m1/s1. The third-order valence-corrected chi connectivity index (χ3v) is 5.63. The Labute approximate surface area is 161 Å². The Morgan fingerprint density at radius 1 is 1.21 bits per heavy atom. The molecule has 1 saturated heterocycles. The summed E-state index contributed by atoms with van der Waals surface area (Å²) >= 11 is 0. The second-order valence-corrected chi connectivity index (χ2v) is 7.59. The Balaban J connectivity index is 1.75. The van der Waals surface area contributed by atoms with Gasteiger partial charge in [0, 0.05) is 57.0 Å². The number of halogens is 1. The number of hydrogen-bond donors (Lipinski definition) is 0. The third-order valence-electron chi connectivity index (χ3n) is 5.63. The highest BCUT2D eigenvalue weighted by Gasteiger charge is 2.45. The number of pyridine rings is 2. The lowest BCUT2D eigenvalue weighted by molar-refractivity contribution is -0.135. The highest BCUT2D eigenvalue weighted by atomic mass is 19.1. The van der Waals surface area contributed by atoms with Gasteiger partial charge in [0.15, 0.2) is 5.82 Å². The molecule has 2 aromatic heterocycles. The molecule has 1 fully saturated rings. The molecule has 0 spiro atoms. The summed E-state index contributed by atoms with van der Waals surface area (Å²) in [6, 6.07) is 5.65. The molecule has 0 radical (unpaired) electrons. The first-order valence-electron chi connectivity index (χ1n) is 9.20. The van der Waals surface area contributed by atoms with Gasteiger partial charge in [0.25, 0.3) is 11.5 Å². The lowest BCUT2D eigenvalue weighted by Gasteiger charge is -2.46. The first-order chi connectivity index (χ1) is 13.4. The minimum atomic E-state index is -0.673. The van der Waals surface area contributed by atoms with Crippen molar-refractivity contribution in [3.8, 4) is 0 Å². The maximum atomic E-state index is 14.1. The minimum Gasteiger partial charge on any atom is -0.347 e. The van der Waals surface area contributed by atoms with Crippen LogP contribution in [0.5, 0.6) is 0 Å². The molecule has 0 saturated carbocycles. The molecule has 2 aromatic rings. The van der Waals surface area contributed by atoms with E-state index in [1.807, 2.05) is 6.07 Å². The van der Waals surface area contributed by atoms with Gasteiger partial charge in [-0.05, 0) is 18.6 Å². The largest absolute Gasteiger partial charge is 0.347 e. The number of carbonyl (C=O) groups is 2. The normalized spacial score (nSPS) is 23.1. The monoisotopic (exact) mass is 384 g/mol. The molecule has 0 aliphatic carbocycles. The smallest absolute Gasteiger partial charge is 0.256 e. The van der Waals surface area contributed by atoms with E-state index in [2.05, 4.69) is 4.98 Å². The number of fused-ring (bicyclic) bond motifs is 4. The van der Waals surface area contributed by atoms with Gasteiger partial charge in [-0.15, -0.1) is 0 Å². The number of amides is 2. The van der Waals surface area contributed by atoms with Gasteiger partial charge in [-0.2, -0.15) is 0 Å². The van der Waals surface area contributed by atoms with E-state index in [-0.39, 0.29) is 28.9 Å². The van der Waals surface area contributed by atoms with Gasteiger partial charge >= 0.3 is 0 Å². The molecule has 7 nitrogen and oxygen atoms in total. The van der Waals surface area contributed by atoms with Gasteiger partial charge in [-0.25, -0.2) is 4.39 Å². The molecular weight excluding hydrogens is 363 g/mol. The van der Waals surface area contributed by atoms with E-state index in [0.29, 0.717) is 19.5 Å². The predicted molar refractivity (Wildman–Crippen MR) is 99.4 cm³/mol. The fraction of sp³-hybridized carbons (Fsp3) is 0.400. The van der Waals surface area contributed by atoms with Crippen LogP contribution in [0.1, 0.15) is 34.4 Å². The van der Waals surface area contributed by atoms with Gasteiger partial charge in [0.1, 0.15) is 6.04 Å². The van der Waals surface area contributed by atoms with Crippen molar-refractivity contribution >= 4 is 11.8 Å². The summed E-state index contributed by atoms with van der Waals surface area (Å²) in [5.74, 6) is -1.55. The van der Waals surface area contributed by atoms with Crippen LogP contribution < -0.4 is 5.56 Å². The first-order valence-corrected chi connectivity index (χ1v) is 9.20. The number of piperidine rings is 1. The lowest BCUT2D eigenvalue weighted by Crippen LogP contribution is -2.54. The number of aromatic nitrogens is 2. The second-order valence-electron chi connectivity index (χ2n) is 7.59. The Morgan fingerprint density at radius 3 is 2.71 bits per heavy atom. The number of likely N-dealkylation sites (tertiary alicyclic amines) is 1. The molecule has 0 N–H and O–H groups in total. The maximum absolute atomic E-state index is 14.1. The molecule has 3 atom stereocenters. The van der Waals surface area contributed by atoms with Crippen molar-refractivity contribution in [2.75, 3.05) is 27.2 Å². The van der Waals surface area contributed by atoms with Crippen LogP contribution in [0, 0.1) is 11.7 Å². The molecule has 2 aliphatic rings. The summed E-state index contributed by atoms with van der Waals surface area (Å²) < 4.78 is 15.7. The average Bonchev–Trinajstić information content (AvgIpc) is 2.68. The minimum absolute atomic E-state index is 0.0316. The summed E-state index contributed by atoms with van der Waals surface area (Å²) in [6.45, 7) is 0.672. The summed E-state index contributed by atoms with van der Waals surface area (Å²) in [7, 11) is 3.31. The Bertz CT molecular complexity index is 1000. The van der Waals surface area contributed by atoms with Gasteiger partial charge in [-0.1, -0.05) is 6.07 Å². The van der Waals surface area contributed by atoms with Crippen LogP contribution in [-0.4, -0.2) is 58.4 Å². The zero-order chi connectivity index (χ0) is 20.0. The van der Waals surface area contributed by atoms with Crippen molar-refractivity contribution in [1.82, 2.24) is 19.4 Å². The Hall–Kier alpha value is -3.03. The number of likely N-dealkylation sites (N-methyl/N-ethyl adjacent to an activating group) is 1. The third kappa shape index (κ3) is 2.89. The Kier molecular flexibility index (Phi) is 4.49. The number of hydrogen-bond acceptors (Lipinski definition) is 4. The number of nitrogens with zero attached hydrogens (tertiary/aromatic N) is 4. The van der Waals surface area contributed by atoms with Crippen LogP contribution in [-0.2, 0) is 4.79 Å². The van der Waals surface area contributed by atoms with E-state index in [0.717, 1.165) is 11.9 Å². The molecule has 28 heavy (non-hydrogen) atoms. The molecule has 146 valence electrons. The molecule has 2 aliphatic heterocycles. The lowest BCUT2D eigenvalue weighted by atomic mass is 9.78. The van der Waals surface area contributed by atoms with Crippen LogP contribution >= 0.6 is 0 Å². The molecule has 0 unspecified atom stereocenters. The summed E-state index contributed by atoms with van der Waals surface area (Å²) in [4.78, 5) is 45.2. The van der Waals surface area contributed by atoms with Gasteiger partial charge in [0.2, 0.25) is 5.91 Å². The highest BCUT2D eigenvalue weighted by Crippen LogP contribution is 2.42. The zero-order valence-corrected chi connectivity index (χ0v) is 15.7. The van der Waals surface area contributed by atoms with Crippen molar-refractivity contribution < 1.29 is 14.0 Å². The topological polar surface area (TPSA) is 75.5 Å². The first kappa shape index (κ1) is 18.3. The molecular formula is C20H21FN4O3. The fourth-order valence-electron chi connectivity index (χ4n) is 4.40. The maximum Gasteiger partial charge on any atom is 0.256 e. The second kappa shape index (κ2) is 6.85. The van der Waals surface area contributed by atoms with Crippen molar-refractivity contribution in [1.29, 1.82) is 0 Å². The molecule has 8 heteroatoms. The van der Waals surface area contributed by atoms with Crippen molar-refractivity contribution in [2.45, 2.75) is 18.4 Å². The van der Waals surface area contributed by atoms with E-state index in [1.54, 1.807) is 29.6 Å².